The summed E-state index contributed by atoms with van der Waals surface area (Å²) in [6.07, 6.45) is -3.21. The van der Waals surface area contributed by atoms with E-state index in [0.29, 0.717) is 12.8 Å². The second-order valence-corrected chi connectivity index (χ2v) is 5.12. The normalized spacial score (nSPS) is 29.6. The molecule has 18 heavy (non-hydrogen) atoms. The van der Waals surface area contributed by atoms with E-state index in [9.17, 15) is 23.1 Å². The van der Waals surface area contributed by atoms with E-state index in [-0.39, 0.29) is 19.4 Å². The molecule has 0 aliphatic heterocycles. The van der Waals surface area contributed by atoms with Gasteiger partial charge in [-0.2, -0.15) is 13.2 Å². The van der Waals surface area contributed by atoms with Crippen molar-refractivity contribution in [2.45, 2.75) is 37.5 Å². The molecule has 1 aliphatic carbocycles. The minimum absolute atomic E-state index is 0.0845. The summed E-state index contributed by atoms with van der Waals surface area (Å²) >= 11 is 0. The molecule has 1 fully saturated rings. The fourth-order valence-corrected chi connectivity index (χ4v) is 2.42. The van der Waals surface area contributed by atoms with Crippen LogP contribution in [0.25, 0.3) is 0 Å². The maximum atomic E-state index is 12.2. The number of aliphatic carboxylic acids is 1. The quantitative estimate of drug-likeness (QED) is 0.811. The molecule has 2 N–H and O–H groups in total. The SMILES string of the molecule is CN(CC(F)(F)F)CC1(O)CCC(C(=O)O)CC1. The van der Waals surface area contributed by atoms with Crippen LogP contribution in [-0.2, 0) is 4.79 Å². The first-order valence-electron chi connectivity index (χ1n) is 5.82. The average molecular weight is 269 g/mol. The highest BCUT2D eigenvalue weighted by atomic mass is 19.4. The van der Waals surface area contributed by atoms with E-state index in [1.807, 2.05) is 0 Å². The summed E-state index contributed by atoms with van der Waals surface area (Å²) in [5.74, 6) is -1.39. The molecule has 0 unspecified atom stereocenters. The summed E-state index contributed by atoms with van der Waals surface area (Å²) < 4.78 is 36.5. The Labute approximate surface area is 103 Å². The van der Waals surface area contributed by atoms with Gasteiger partial charge in [-0.3, -0.25) is 9.69 Å². The van der Waals surface area contributed by atoms with Crippen LogP contribution in [0.4, 0.5) is 13.2 Å². The summed E-state index contributed by atoms with van der Waals surface area (Å²) in [7, 11) is 1.30. The third kappa shape index (κ3) is 4.81. The van der Waals surface area contributed by atoms with Crippen molar-refractivity contribution in [2.75, 3.05) is 20.1 Å². The van der Waals surface area contributed by atoms with Crippen LogP contribution in [0.5, 0.6) is 0 Å². The van der Waals surface area contributed by atoms with E-state index in [0.717, 1.165) is 4.90 Å². The van der Waals surface area contributed by atoms with Crippen LogP contribution in [0.2, 0.25) is 0 Å². The van der Waals surface area contributed by atoms with Gasteiger partial charge in [0.25, 0.3) is 0 Å². The number of carboxylic acids is 1. The number of rotatable bonds is 4. The zero-order chi connectivity index (χ0) is 14.0. The number of likely N-dealkylation sites (N-methyl/N-ethyl adjacent to an activating group) is 1. The predicted octanol–water partition coefficient (Wildman–Crippen LogP) is 1.49. The first kappa shape index (κ1) is 15.2. The van der Waals surface area contributed by atoms with Crippen LogP contribution in [-0.4, -0.2) is 53.0 Å². The molecular formula is C11H18F3NO3. The summed E-state index contributed by atoms with van der Waals surface area (Å²) in [5, 5.41) is 18.9. The smallest absolute Gasteiger partial charge is 0.401 e. The van der Waals surface area contributed by atoms with Gasteiger partial charge in [0.15, 0.2) is 0 Å². The Morgan fingerprint density at radius 2 is 1.89 bits per heavy atom. The molecule has 7 heteroatoms. The zero-order valence-electron chi connectivity index (χ0n) is 10.2. The molecule has 0 atom stereocenters. The number of hydrogen-bond acceptors (Lipinski definition) is 3. The molecule has 0 bridgehead atoms. The molecule has 4 nitrogen and oxygen atoms in total. The van der Waals surface area contributed by atoms with E-state index in [1.54, 1.807) is 0 Å². The Bertz CT molecular complexity index is 298. The molecule has 0 spiro atoms. The Kier molecular flexibility index (Phi) is 4.61. The molecule has 0 radical (unpaired) electrons. The summed E-state index contributed by atoms with van der Waals surface area (Å²) in [5.41, 5.74) is -1.20. The van der Waals surface area contributed by atoms with E-state index >= 15 is 0 Å². The van der Waals surface area contributed by atoms with Gasteiger partial charge >= 0.3 is 12.1 Å². The molecule has 0 amide bonds. The zero-order valence-corrected chi connectivity index (χ0v) is 10.2. The Balaban J connectivity index is 2.45. The standard InChI is InChI=1S/C11H18F3NO3/c1-15(7-11(12,13)14)6-10(18)4-2-8(3-5-10)9(16)17/h8,18H,2-7H2,1H3,(H,16,17). The Morgan fingerprint density at radius 1 is 1.39 bits per heavy atom. The van der Waals surface area contributed by atoms with Crippen molar-refractivity contribution < 1.29 is 28.2 Å². The fourth-order valence-electron chi connectivity index (χ4n) is 2.42. The molecule has 1 aliphatic rings. The maximum absolute atomic E-state index is 12.2. The van der Waals surface area contributed by atoms with Crippen LogP contribution in [0.15, 0.2) is 0 Å². The second kappa shape index (κ2) is 5.44. The Morgan fingerprint density at radius 3 is 2.28 bits per heavy atom. The third-order valence-corrected chi connectivity index (χ3v) is 3.28. The van der Waals surface area contributed by atoms with Gasteiger partial charge in [-0.15, -0.1) is 0 Å². The third-order valence-electron chi connectivity index (χ3n) is 3.28. The van der Waals surface area contributed by atoms with Gasteiger partial charge in [-0.25, -0.2) is 0 Å². The summed E-state index contributed by atoms with van der Waals surface area (Å²) in [4.78, 5) is 11.8. The number of hydrogen-bond donors (Lipinski definition) is 2. The largest absolute Gasteiger partial charge is 0.481 e. The lowest BCUT2D eigenvalue weighted by molar-refractivity contribution is -0.152. The molecule has 0 heterocycles. The number of aliphatic hydroxyl groups is 1. The van der Waals surface area contributed by atoms with Gasteiger partial charge in [0, 0.05) is 6.54 Å². The van der Waals surface area contributed by atoms with Gasteiger partial charge in [-0.1, -0.05) is 0 Å². The first-order valence-corrected chi connectivity index (χ1v) is 5.82. The highest BCUT2D eigenvalue weighted by Gasteiger charge is 2.38. The molecule has 0 aromatic heterocycles. The van der Waals surface area contributed by atoms with Crippen molar-refractivity contribution in [2.24, 2.45) is 5.92 Å². The molecular weight excluding hydrogens is 251 g/mol. The molecule has 106 valence electrons. The molecule has 1 rings (SSSR count). The van der Waals surface area contributed by atoms with Gasteiger partial charge in [0.2, 0.25) is 0 Å². The maximum Gasteiger partial charge on any atom is 0.401 e. The first-order chi connectivity index (χ1) is 8.11. The molecule has 0 saturated heterocycles. The topological polar surface area (TPSA) is 60.8 Å². The predicted molar refractivity (Wildman–Crippen MR) is 58.1 cm³/mol. The molecule has 0 aromatic carbocycles. The number of alkyl halides is 3. The van der Waals surface area contributed by atoms with Gasteiger partial charge < -0.3 is 10.2 Å². The highest BCUT2D eigenvalue weighted by molar-refractivity contribution is 5.70. The van der Waals surface area contributed by atoms with E-state index in [4.69, 9.17) is 5.11 Å². The lowest BCUT2D eigenvalue weighted by atomic mass is 9.78. The highest BCUT2D eigenvalue weighted by Crippen LogP contribution is 2.33. The summed E-state index contributed by atoms with van der Waals surface area (Å²) in [6, 6.07) is 0. The Hall–Kier alpha value is -0.820. The summed E-state index contributed by atoms with van der Waals surface area (Å²) in [6.45, 7) is -1.16. The minimum Gasteiger partial charge on any atom is -0.481 e. The second-order valence-electron chi connectivity index (χ2n) is 5.12. The number of nitrogens with zero attached hydrogens (tertiary/aromatic N) is 1. The number of halogens is 3. The monoisotopic (exact) mass is 269 g/mol. The van der Waals surface area contributed by atoms with E-state index in [1.165, 1.54) is 7.05 Å². The van der Waals surface area contributed by atoms with Crippen LogP contribution >= 0.6 is 0 Å². The van der Waals surface area contributed by atoms with Gasteiger partial charge in [-0.05, 0) is 32.7 Å². The fraction of sp³-hybridized carbons (Fsp3) is 0.909. The number of carboxylic acid groups (broad SMARTS) is 1. The van der Waals surface area contributed by atoms with Crippen molar-refractivity contribution in [3.05, 3.63) is 0 Å². The van der Waals surface area contributed by atoms with Crippen molar-refractivity contribution in [3.8, 4) is 0 Å². The van der Waals surface area contributed by atoms with Crippen molar-refractivity contribution in [3.63, 3.8) is 0 Å². The van der Waals surface area contributed by atoms with Crippen LogP contribution in [0, 0.1) is 5.92 Å². The van der Waals surface area contributed by atoms with Crippen LogP contribution < -0.4 is 0 Å². The van der Waals surface area contributed by atoms with E-state index < -0.39 is 30.2 Å². The minimum atomic E-state index is -4.29. The van der Waals surface area contributed by atoms with Crippen molar-refractivity contribution >= 4 is 5.97 Å². The lowest BCUT2D eigenvalue weighted by Gasteiger charge is -2.37. The van der Waals surface area contributed by atoms with Crippen LogP contribution in [0.1, 0.15) is 25.7 Å². The van der Waals surface area contributed by atoms with Gasteiger partial charge in [0.05, 0.1) is 18.1 Å². The van der Waals surface area contributed by atoms with Crippen molar-refractivity contribution in [1.29, 1.82) is 0 Å². The molecule has 1 saturated carbocycles. The van der Waals surface area contributed by atoms with Gasteiger partial charge in [0.1, 0.15) is 0 Å². The van der Waals surface area contributed by atoms with E-state index in [2.05, 4.69) is 0 Å². The van der Waals surface area contributed by atoms with Crippen molar-refractivity contribution in [1.82, 2.24) is 4.90 Å². The average Bonchev–Trinajstić information content (AvgIpc) is 2.13. The molecule has 0 aromatic rings. The van der Waals surface area contributed by atoms with Crippen LogP contribution in [0.3, 0.4) is 0 Å². The lowest BCUT2D eigenvalue weighted by Crippen LogP contribution is -2.47. The number of carbonyl (C=O) groups is 1.